The van der Waals surface area contributed by atoms with E-state index < -0.39 is 59.5 Å². The first-order valence-corrected chi connectivity index (χ1v) is 17.4. The summed E-state index contributed by atoms with van der Waals surface area (Å²) in [5.41, 5.74) is 0.821. The maximum Gasteiger partial charge on any atom is 0.296 e. The largest absolute Gasteiger partial charge is 0.505 e. The average Bonchev–Trinajstić information content (AvgIpc) is 3.09. The predicted molar refractivity (Wildman–Crippen MR) is 184 cm³/mol. The first-order valence-electron chi connectivity index (χ1n) is 14.5. The van der Waals surface area contributed by atoms with Gasteiger partial charge >= 0.3 is 0 Å². The number of nitrogens with zero attached hydrogens (tertiary/aromatic N) is 4. The van der Waals surface area contributed by atoms with E-state index in [9.17, 15) is 41.3 Å². The van der Waals surface area contributed by atoms with E-state index >= 15 is 0 Å². The number of hydrogen-bond acceptors (Lipinski definition) is 12. The van der Waals surface area contributed by atoms with Gasteiger partial charge in [0.15, 0.2) is 11.5 Å². The number of aliphatic hydroxyl groups excluding tert-OH is 1. The van der Waals surface area contributed by atoms with Crippen LogP contribution in [-0.4, -0.2) is 48.4 Å². The number of fused-ring (bicyclic) bond motifs is 2. The van der Waals surface area contributed by atoms with Crippen molar-refractivity contribution in [3.8, 4) is 28.4 Å². The van der Waals surface area contributed by atoms with Crippen molar-refractivity contribution in [2.45, 2.75) is 16.4 Å². The van der Waals surface area contributed by atoms with Gasteiger partial charge in [-0.25, -0.2) is 0 Å². The summed E-state index contributed by atoms with van der Waals surface area (Å²) in [6, 6.07) is 24.7. The number of hydrogen-bond donors (Lipinski definition) is 5. The minimum atomic E-state index is -4.80. The lowest BCUT2D eigenvalue weighted by atomic mass is 10.0. The molecule has 6 aromatic rings. The van der Waals surface area contributed by atoms with Crippen molar-refractivity contribution in [1.82, 2.24) is 0 Å². The molecule has 0 aromatic heterocycles. The van der Waals surface area contributed by atoms with Gasteiger partial charge in [0.2, 0.25) is 0 Å². The molecule has 0 fully saturated rings. The predicted octanol–water partition coefficient (Wildman–Crippen LogP) is 7.90. The molecule has 0 saturated carbocycles. The number of aromatic hydroxyl groups is 2. The Morgan fingerprint density at radius 1 is 0.600 bits per heavy atom. The van der Waals surface area contributed by atoms with Crippen LogP contribution in [0.3, 0.4) is 0 Å². The van der Waals surface area contributed by atoms with Gasteiger partial charge in [-0.3, -0.25) is 9.11 Å². The van der Waals surface area contributed by atoms with Gasteiger partial charge in [-0.1, -0.05) is 60.7 Å². The molecule has 6 aromatic carbocycles. The Balaban J connectivity index is 1.35. The van der Waals surface area contributed by atoms with Crippen LogP contribution in [0, 0.1) is 0 Å². The summed E-state index contributed by atoms with van der Waals surface area (Å²) in [6.45, 7) is -0.494. The molecule has 0 spiro atoms. The Kier molecular flexibility index (Phi) is 9.04. The van der Waals surface area contributed by atoms with E-state index in [1.807, 2.05) is 0 Å². The molecule has 254 valence electrons. The highest BCUT2D eigenvalue weighted by atomic mass is 32.2. The fourth-order valence-corrected chi connectivity index (χ4v) is 6.62. The molecule has 0 bridgehead atoms. The van der Waals surface area contributed by atoms with Crippen molar-refractivity contribution >= 4 is 64.5 Å². The molecule has 0 amide bonds. The van der Waals surface area contributed by atoms with Crippen LogP contribution in [0.25, 0.3) is 32.7 Å². The van der Waals surface area contributed by atoms with E-state index in [0.717, 1.165) is 0 Å². The first-order chi connectivity index (χ1) is 23.8. The molecule has 0 aliphatic carbocycles. The zero-order valence-corrected chi connectivity index (χ0v) is 27.5. The summed E-state index contributed by atoms with van der Waals surface area (Å²) < 4.78 is 73.6. The molecule has 16 heteroatoms. The van der Waals surface area contributed by atoms with Crippen LogP contribution in [0.4, 0.5) is 22.7 Å². The van der Waals surface area contributed by atoms with Crippen molar-refractivity contribution in [1.29, 1.82) is 0 Å². The number of rotatable bonds is 9. The van der Waals surface area contributed by atoms with Crippen molar-refractivity contribution in [2.75, 3.05) is 7.11 Å². The van der Waals surface area contributed by atoms with Crippen molar-refractivity contribution < 1.29 is 46.0 Å². The summed E-state index contributed by atoms with van der Waals surface area (Å²) in [5, 5.41) is 49.2. The van der Waals surface area contributed by atoms with Crippen LogP contribution in [0.2, 0.25) is 0 Å². The molecule has 0 atom stereocenters. The minimum absolute atomic E-state index is 0.146. The van der Waals surface area contributed by atoms with Gasteiger partial charge in [-0.15, -0.1) is 15.3 Å². The van der Waals surface area contributed by atoms with E-state index in [-0.39, 0.29) is 28.1 Å². The Morgan fingerprint density at radius 3 is 1.54 bits per heavy atom. The molecule has 5 N–H and O–H groups in total. The highest BCUT2D eigenvalue weighted by Gasteiger charge is 2.23. The summed E-state index contributed by atoms with van der Waals surface area (Å²) in [6.07, 6.45) is 0. The normalized spacial score (nSPS) is 12.4. The monoisotopic (exact) mass is 714 g/mol. The molecule has 0 heterocycles. The van der Waals surface area contributed by atoms with Gasteiger partial charge in [0.25, 0.3) is 20.2 Å². The molecular formula is C34H26N4O10S2. The van der Waals surface area contributed by atoms with Crippen molar-refractivity contribution in [3.63, 3.8) is 0 Å². The number of ether oxygens (including phenoxy) is 1. The van der Waals surface area contributed by atoms with Crippen LogP contribution in [-0.2, 0) is 26.8 Å². The number of phenolic OH excluding ortho intramolecular Hbond substituents is 2. The fourth-order valence-electron chi connectivity index (χ4n) is 5.31. The van der Waals surface area contributed by atoms with Crippen LogP contribution in [0.15, 0.2) is 127 Å². The zero-order valence-electron chi connectivity index (χ0n) is 25.8. The van der Waals surface area contributed by atoms with Gasteiger partial charge in [0.05, 0.1) is 19.4 Å². The molecule has 0 saturated heterocycles. The second-order valence-electron chi connectivity index (χ2n) is 10.8. The summed E-state index contributed by atoms with van der Waals surface area (Å²) in [4.78, 5) is -1.28. The molecule has 50 heavy (non-hydrogen) atoms. The number of methoxy groups -OCH3 is 1. The zero-order chi connectivity index (χ0) is 35.8. The first kappa shape index (κ1) is 34.1. The number of phenols is 2. The second kappa shape index (κ2) is 13.3. The maximum absolute atomic E-state index is 12.1. The number of aliphatic hydroxyl groups is 1. The van der Waals surface area contributed by atoms with Crippen LogP contribution < -0.4 is 4.74 Å². The Bertz CT molecular complexity index is 2430. The highest BCUT2D eigenvalue weighted by Crippen LogP contribution is 2.44. The number of benzene rings is 6. The lowest BCUT2D eigenvalue weighted by molar-refractivity contribution is 0.282. The summed E-state index contributed by atoms with van der Waals surface area (Å²) in [7, 11) is -8.21. The molecule has 0 radical (unpaired) electrons. The van der Waals surface area contributed by atoms with Crippen LogP contribution >= 0.6 is 0 Å². The fraction of sp³-hybridized carbons (Fsp3) is 0.0588. The SMILES string of the molecule is COc1cc(-c2ccc(N=Nc3c(S(=O)(=O)O)cc4ccccc4c3O)c(CO)c2)ccc1N=Nc1c(S(=O)(=O)O)cc2ccccc2c1O. The summed E-state index contributed by atoms with van der Waals surface area (Å²) in [5.74, 6) is -0.788. The lowest BCUT2D eigenvalue weighted by Gasteiger charge is -2.11. The average molecular weight is 715 g/mol. The van der Waals surface area contributed by atoms with Crippen molar-refractivity contribution in [3.05, 3.63) is 103 Å². The van der Waals surface area contributed by atoms with Gasteiger partial charge in [-0.2, -0.15) is 21.9 Å². The smallest absolute Gasteiger partial charge is 0.296 e. The molecule has 6 rings (SSSR count). The molecular weight excluding hydrogens is 689 g/mol. The third kappa shape index (κ3) is 6.60. The highest BCUT2D eigenvalue weighted by molar-refractivity contribution is 7.86. The topological polar surface area (TPSA) is 228 Å². The Hall–Kier alpha value is -5.78. The molecule has 0 unspecified atom stereocenters. The minimum Gasteiger partial charge on any atom is -0.505 e. The van der Waals surface area contributed by atoms with Gasteiger partial charge < -0.3 is 20.1 Å². The summed E-state index contributed by atoms with van der Waals surface area (Å²) >= 11 is 0. The van der Waals surface area contributed by atoms with E-state index in [2.05, 4.69) is 20.5 Å². The Morgan fingerprint density at radius 2 is 1.06 bits per heavy atom. The maximum atomic E-state index is 12.1. The molecule has 0 aliphatic rings. The van der Waals surface area contributed by atoms with E-state index in [1.54, 1.807) is 72.8 Å². The van der Waals surface area contributed by atoms with E-state index in [4.69, 9.17) is 4.74 Å². The van der Waals surface area contributed by atoms with Crippen LogP contribution in [0.5, 0.6) is 17.2 Å². The second-order valence-corrected chi connectivity index (χ2v) is 13.6. The molecule has 0 aliphatic heterocycles. The van der Waals surface area contributed by atoms with E-state index in [1.165, 1.54) is 31.4 Å². The van der Waals surface area contributed by atoms with Gasteiger partial charge in [0, 0.05) is 16.3 Å². The van der Waals surface area contributed by atoms with E-state index in [0.29, 0.717) is 27.3 Å². The number of azo groups is 2. The molecule has 14 nitrogen and oxygen atoms in total. The quantitative estimate of drug-likeness (QED) is 0.0718. The van der Waals surface area contributed by atoms with Gasteiger partial charge in [0.1, 0.15) is 32.6 Å². The van der Waals surface area contributed by atoms with Crippen molar-refractivity contribution in [2.24, 2.45) is 20.5 Å². The standard InChI is InChI=1S/C34H26N4O10S2/c1-48-28-15-20(11-13-27(28)36-38-32-30(50(45,46)47)17-22-7-3-5-9-25(22)34(32)41)19-10-12-26(23(14-19)18-39)35-37-31-29(49(42,43)44)16-21-6-2-4-8-24(21)33(31)40/h2-17,39-41H,18H2,1H3,(H,42,43,44)(H,45,46,47). The third-order valence-corrected chi connectivity index (χ3v) is 9.49. The van der Waals surface area contributed by atoms with Gasteiger partial charge in [-0.05, 0) is 58.3 Å². The lowest BCUT2D eigenvalue weighted by Crippen LogP contribution is -1.99. The van der Waals surface area contributed by atoms with Crippen LogP contribution in [0.1, 0.15) is 5.56 Å². The third-order valence-electron chi connectivity index (χ3n) is 7.75. The Labute approximate surface area is 284 Å².